The van der Waals surface area contributed by atoms with Crippen LogP contribution in [0.4, 0.5) is 0 Å². The average Bonchev–Trinajstić information content (AvgIpc) is 2.28. The maximum absolute atomic E-state index is 8.79. The van der Waals surface area contributed by atoms with Crippen molar-refractivity contribution in [3.05, 3.63) is 35.4 Å². The molecule has 1 atom stereocenters. The van der Waals surface area contributed by atoms with Gasteiger partial charge in [0.05, 0.1) is 6.61 Å². The predicted molar refractivity (Wildman–Crippen MR) is 71.9 cm³/mol. The Morgan fingerprint density at radius 1 is 1.24 bits per heavy atom. The summed E-state index contributed by atoms with van der Waals surface area (Å²) in [6, 6.07) is 8.44. The maximum Gasteiger partial charge on any atom is 0.0594 e. The van der Waals surface area contributed by atoms with Gasteiger partial charge in [-0.2, -0.15) is 0 Å². The second-order valence-corrected chi connectivity index (χ2v) is 5.52. The van der Waals surface area contributed by atoms with Gasteiger partial charge in [0.1, 0.15) is 0 Å². The molecule has 1 aromatic carbocycles. The van der Waals surface area contributed by atoms with E-state index in [-0.39, 0.29) is 18.1 Å². The molecule has 96 valence electrons. The molecule has 0 saturated carbocycles. The summed E-state index contributed by atoms with van der Waals surface area (Å²) in [5.74, 6) is 0. The van der Waals surface area contributed by atoms with Gasteiger partial charge < -0.3 is 16.2 Å². The fraction of sp³-hybridized carbons (Fsp3) is 0.571. The van der Waals surface area contributed by atoms with Gasteiger partial charge in [0.15, 0.2) is 0 Å². The number of hydrogen-bond acceptors (Lipinski definition) is 3. The van der Waals surface area contributed by atoms with E-state index in [1.54, 1.807) is 0 Å². The van der Waals surface area contributed by atoms with E-state index in [9.17, 15) is 0 Å². The van der Waals surface area contributed by atoms with Crippen molar-refractivity contribution in [3.8, 4) is 0 Å². The van der Waals surface area contributed by atoms with Gasteiger partial charge in [-0.1, -0.05) is 45.0 Å². The fourth-order valence-electron chi connectivity index (χ4n) is 1.59. The number of nitrogens with two attached hydrogens (primary N) is 1. The molecular weight excluding hydrogens is 212 g/mol. The van der Waals surface area contributed by atoms with Crippen molar-refractivity contribution < 1.29 is 5.11 Å². The van der Waals surface area contributed by atoms with E-state index in [2.05, 4.69) is 50.4 Å². The first-order valence-electron chi connectivity index (χ1n) is 6.10. The zero-order chi connectivity index (χ0) is 12.9. The van der Waals surface area contributed by atoms with E-state index in [1.807, 2.05) is 0 Å². The molecule has 0 amide bonds. The Bertz CT molecular complexity index is 327. The van der Waals surface area contributed by atoms with Crippen LogP contribution >= 0.6 is 0 Å². The van der Waals surface area contributed by atoms with Crippen LogP contribution in [0.5, 0.6) is 0 Å². The zero-order valence-electron chi connectivity index (χ0n) is 11.0. The Labute approximate surface area is 104 Å². The van der Waals surface area contributed by atoms with Gasteiger partial charge in [-0.05, 0) is 16.5 Å². The minimum Gasteiger partial charge on any atom is -0.395 e. The van der Waals surface area contributed by atoms with Gasteiger partial charge in [-0.3, -0.25) is 0 Å². The van der Waals surface area contributed by atoms with Crippen molar-refractivity contribution in [3.63, 3.8) is 0 Å². The third-order valence-electron chi connectivity index (χ3n) is 2.79. The third kappa shape index (κ3) is 4.86. The molecule has 1 unspecified atom stereocenters. The molecule has 0 bridgehead atoms. The Morgan fingerprint density at radius 3 is 2.29 bits per heavy atom. The maximum atomic E-state index is 8.79. The normalized spacial score (nSPS) is 13.7. The lowest BCUT2D eigenvalue weighted by molar-refractivity contribution is 0.262. The highest BCUT2D eigenvalue weighted by molar-refractivity contribution is 5.27. The van der Waals surface area contributed by atoms with E-state index in [0.29, 0.717) is 6.54 Å². The Hall–Kier alpha value is -0.900. The molecule has 1 rings (SSSR count). The largest absolute Gasteiger partial charge is 0.395 e. The number of rotatable bonds is 5. The number of aliphatic hydroxyl groups excluding tert-OH is 1. The molecule has 4 N–H and O–H groups in total. The van der Waals surface area contributed by atoms with Gasteiger partial charge in [0, 0.05) is 19.1 Å². The van der Waals surface area contributed by atoms with Crippen LogP contribution in [0.15, 0.2) is 24.3 Å². The number of benzene rings is 1. The van der Waals surface area contributed by atoms with Crippen LogP contribution in [0, 0.1) is 0 Å². The first kappa shape index (κ1) is 14.2. The van der Waals surface area contributed by atoms with Crippen LogP contribution in [0.25, 0.3) is 0 Å². The highest BCUT2D eigenvalue weighted by Gasteiger charge is 2.12. The topological polar surface area (TPSA) is 58.3 Å². The molecule has 17 heavy (non-hydrogen) atoms. The SMILES string of the molecule is CC(C)(C)c1ccc(CNCC(N)CO)cc1. The number of aliphatic hydroxyl groups is 1. The molecular formula is C14H24N2O. The summed E-state index contributed by atoms with van der Waals surface area (Å²) in [4.78, 5) is 0. The zero-order valence-corrected chi connectivity index (χ0v) is 11.0. The highest BCUT2D eigenvalue weighted by atomic mass is 16.3. The number of nitrogens with one attached hydrogen (secondary N) is 1. The number of hydrogen-bond donors (Lipinski definition) is 3. The van der Waals surface area contributed by atoms with Crippen molar-refractivity contribution >= 4 is 0 Å². The van der Waals surface area contributed by atoms with E-state index >= 15 is 0 Å². The first-order chi connectivity index (χ1) is 7.93. The van der Waals surface area contributed by atoms with E-state index < -0.39 is 0 Å². The summed E-state index contributed by atoms with van der Waals surface area (Å²) in [7, 11) is 0. The van der Waals surface area contributed by atoms with Crippen LogP contribution in [-0.4, -0.2) is 24.3 Å². The molecule has 0 heterocycles. The summed E-state index contributed by atoms with van der Waals surface area (Å²) in [5.41, 5.74) is 8.39. The van der Waals surface area contributed by atoms with Crippen molar-refractivity contribution in [2.75, 3.05) is 13.2 Å². The Kier molecular flexibility index (Phi) is 5.12. The first-order valence-corrected chi connectivity index (χ1v) is 6.10. The fourth-order valence-corrected chi connectivity index (χ4v) is 1.59. The van der Waals surface area contributed by atoms with Gasteiger partial charge in [-0.25, -0.2) is 0 Å². The lowest BCUT2D eigenvalue weighted by Crippen LogP contribution is -2.36. The monoisotopic (exact) mass is 236 g/mol. The van der Waals surface area contributed by atoms with Crippen LogP contribution in [0.1, 0.15) is 31.9 Å². The van der Waals surface area contributed by atoms with Crippen molar-refractivity contribution in [1.29, 1.82) is 0 Å². The summed E-state index contributed by atoms with van der Waals surface area (Å²) in [6.45, 7) is 8.08. The molecule has 3 nitrogen and oxygen atoms in total. The summed E-state index contributed by atoms with van der Waals surface area (Å²) in [5, 5.41) is 12.0. The molecule has 0 aliphatic rings. The van der Waals surface area contributed by atoms with Crippen LogP contribution < -0.4 is 11.1 Å². The Balaban J connectivity index is 2.46. The van der Waals surface area contributed by atoms with Gasteiger partial charge in [0.25, 0.3) is 0 Å². The van der Waals surface area contributed by atoms with Gasteiger partial charge in [0.2, 0.25) is 0 Å². The minimum absolute atomic E-state index is 0.0238. The quantitative estimate of drug-likeness (QED) is 0.724. The van der Waals surface area contributed by atoms with Gasteiger partial charge in [-0.15, -0.1) is 0 Å². The second kappa shape index (κ2) is 6.15. The molecule has 0 aliphatic heterocycles. The summed E-state index contributed by atoms with van der Waals surface area (Å²) < 4.78 is 0. The van der Waals surface area contributed by atoms with Crippen LogP contribution in [0.2, 0.25) is 0 Å². The van der Waals surface area contributed by atoms with Crippen LogP contribution in [0.3, 0.4) is 0 Å². The van der Waals surface area contributed by atoms with E-state index in [0.717, 1.165) is 6.54 Å². The van der Waals surface area contributed by atoms with Crippen LogP contribution in [-0.2, 0) is 12.0 Å². The average molecular weight is 236 g/mol. The lowest BCUT2D eigenvalue weighted by Gasteiger charge is -2.19. The molecule has 0 fully saturated rings. The smallest absolute Gasteiger partial charge is 0.0594 e. The van der Waals surface area contributed by atoms with Crippen molar-refractivity contribution in [2.24, 2.45) is 5.73 Å². The van der Waals surface area contributed by atoms with E-state index in [4.69, 9.17) is 10.8 Å². The molecule has 0 aromatic heterocycles. The molecule has 0 radical (unpaired) electrons. The van der Waals surface area contributed by atoms with E-state index in [1.165, 1.54) is 11.1 Å². The standard InChI is InChI=1S/C14H24N2O/c1-14(2,3)12-6-4-11(5-7-12)8-16-9-13(15)10-17/h4-7,13,16-17H,8-10,15H2,1-3H3. The van der Waals surface area contributed by atoms with Crippen molar-refractivity contribution in [1.82, 2.24) is 5.32 Å². The minimum atomic E-state index is -0.177. The highest BCUT2D eigenvalue weighted by Crippen LogP contribution is 2.21. The van der Waals surface area contributed by atoms with Crippen molar-refractivity contribution in [2.45, 2.75) is 38.8 Å². The summed E-state index contributed by atoms with van der Waals surface area (Å²) in [6.07, 6.45) is 0. The molecule has 0 saturated heterocycles. The third-order valence-corrected chi connectivity index (χ3v) is 2.79. The predicted octanol–water partition coefficient (Wildman–Crippen LogP) is 1.39. The molecule has 0 spiro atoms. The summed E-state index contributed by atoms with van der Waals surface area (Å²) >= 11 is 0. The molecule has 1 aromatic rings. The van der Waals surface area contributed by atoms with Gasteiger partial charge >= 0.3 is 0 Å². The second-order valence-electron chi connectivity index (χ2n) is 5.52. The Morgan fingerprint density at radius 2 is 1.82 bits per heavy atom. The molecule has 3 heteroatoms. The lowest BCUT2D eigenvalue weighted by atomic mass is 9.87. The molecule has 0 aliphatic carbocycles.